The molecule has 0 radical (unpaired) electrons. The minimum atomic E-state index is -0.795. The van der Waals surface area contributed by atoms with E-state index in [-0.39, 0.29) is 24.9 Å². The lowest BCUT2D eigenvalue weighted by Crippen LogP contribution is -2.46. The SMILES string of the molecule is CC/C=C/C=C/C=C\CCCCCC(CC(=O)NC(CO)C(O)CCCCCCCCCCCCC)OC(=O)CCCCCCCCCCC/C=C/CCCCCCCC. The first-order chi connectivity index (χ1) is 29.5. The Labute approximate surface area is 372 Å². The lowest BCUT2D eigenvalue weighted by molar-refractivity contribution is -0.151. The summed E-state index contributed by atoms with van der Waals surface area (Å²) in [6.45, 7) is 6.33. The Balaban J connectivity index is 4.50. The molecule has 0 fully saturated rings. The predicted octanol–water partition coefficient (Wildman–Crippen LogP) is 15.5. The van der Waals surface area contributed by atoms with Gasteiger partial charge >= 0.3 is 5.97 Å². The molecule has 3 atom stereocenters. The minimum Gasteiger partial charge on any atom is -0.462 e. The van der Waals surface area contributed by atoms with Crippen LogP contribution in [0.5, 0.6) is 0 Å². The van der Waals surface area contributed by atoms with Crippen molar-refractivity contribution < 1.29 is 24.5 Å². The Morgan fingerprint density at radius 3 is 1.42 bits per heavy atom. The molecule has 0 saturated heterocycles. The Hall–Kier alpha value is -2.18. The maximum Gasteiger partial charge on any atom is 0.306 e. The second-order valence-electron chi connectivity index (χ2n) is 17.6. The van der Waals surface area contributed by atoms with Crippen molar-refractivity contribution in [2.24, 2.45) is 0 Å². The maximum absolute atomic E-state index is 13.2. The van der Waals surface area contributed by atoms with Crippen LogP contribution >= 0.6 is 0 Å². The van der Waals surface area contributed by atoms with Crippen molar-refractivity contribution in [2.75, 3.05) is 6.61 Å². The Kier molecular flexibility index (Phi) is 46.1. The van der Waals surface area contributed by atoms with E-state index in [0.29, 0.717) is 19.3 Å². The fraction of sp³-hybridized carbons (Fsp3) is 0.815. The normalized spacial score (nSPS) is 13.6. The maximum atomic E-state index is 13.2. The molecule has 0 aromatic carbocycles. The van der Waals surface area contributed by atoms with Crippen molar-refractivity contribution in [3.8, 4) is 0 Å². The van der Waals surface area contributed by atoms with E-state index < -0.39 is 18.2 Å². The van der Waals surface area contributed by atoms with Gasteiger partial charge in [-0.05, 0) is 70.6 Å². The molecule has 0 aliphatic heterocycles. The molecule has 0 aromatic heterocycles. The van der Waals surface area contributed by atoms with Crippen LogP contribution < -0.4 is 5.32 Å². The van der Waals surface area contributed by atoms with Gasteiger partial charge in [-0.1, -0.05) is 223 Å². The van der Waals surface area contributed by atoms with Crippen molar-refractivity contribution in [1.82, 2.24) is 5.32 Å². The van der Waals surface area contributed by atoms with E-state index in [2.05, 4.69) is 62.5 Å². The summed E-state index contributed by atoms with van der Waals surface area (Å²) >= 11 is 0. The van der Waals surface area contributed by atoms with Gasteiger partial charge in [0.2, 0.25) is 5.91 Å². The highest BCUT2D eigenvalue weighted by Gasteiger charge is 2.24. The molecule has 0 spiro atoms. The third-order valence-corrected chi connectivity index (χ3v) is 11.7. The van der Waals surface area contributed by atoms with Crippen molar-refractivity contribution >= 4 is 11.9 Å². The van der Waals surface area contributed by atoms with Crippen LogP contribution in [0.3, 0.4) is 0 Å². The smallest absolute Gasteiger partial charge is 0.306 e. The monoisotopic (exact) mass is 842 g/mol. The van der Waals surface area contributed by atoms with Gasteiger partial charge in [0.25, 0.3) is 0 Å². The number of ether oxygens (including phenoxy) is 1. The van der Waals surface area contributed by atoms with E-state index in [1.165, 1.54) is 141 Å². The zero-order valence-electron chi connectivity index (χ0n) is 39.8. The summed E-state index contributed by atoms with van der Waals surface area (Å²) in [4.78, 5) is 26.1. The van der Waals surface area contributed by atoms with Gasteiger partial charge < -0.3 is 20.3 Å². The number of carbonyl (C=O) groups is 2. The first-order valence-corrected chi connectivity index (χ1v) is 25.9. The van der Waals surface area contributed by atoms with Gasteiger partial charge in [-0.25, -0.2) is 0 Å². The van der Waals surface area contributed by atoms with E-state index >= 15 is 0 Å². The van der Waals surface area contributed by atoms with Gasteiger partial charge in [0.15, 0.2) is 0 Å². The summed E-state index contributed by atoms with van der Waals surface area (Å²) in [7, 11) is 0. The number of rotatable bonds is 46. The molecule has 0 heterocycles. The fourth-order valence-electron chi connectivity index (χ4n) is 7.78. The summed E-state index contributed by atoms with van der Waals surface area (Å²) in [5, 5.41) is 23.7. The number of hydrogen-bond donors (Lipinski definition) is 3. The van der Waals surface area contributed by atoms with Crippen LogP contribution in [0.1, 0.15) is 258 Å². The van der Waals surface area contributed by atoms with E-state index in [4.69, 9.17) is 4.74 Å². The molecule has 3 unspecified atom stereocenters. The quantitative estimate of drug-likeness (QED) is 0.0246. The number of aliphatic hydroxyl groups is 2. The molecule has 6 heteroatoms. The highest BCUT2D eigenvalue weighted by Crippen LogP contribution is 2.18. The van der Waals surface area contributed by atoms with Gasteiger partial charge in [0, 0.05) is 6.42 Å². The second kappa shape index (κ2) is 47.9. The van der Waals surface area contributed by atoms with Gasteiger partial charge in [0.05, 0.1) is 25.2 Å². The number of amides is 1. The van der Waals surface area contributed by atoms with E-state index in [1.807, 2.05) is 12.2 Å². The summed E-state index contributed by atoms with van der Waals surface area (Å²) < 4.78 is 5.91. The largest absolute Gasteiger partial charge is 0.462 e. The zero-order valence-corrected chi connectivity index (χ0v) is 39.8. The van der Waals surface area contributed by atoms with Crippen molar-refractivity contribution in [1.29, 1.82) is 0 Å². The highest BCUT2D eigenvalue weighted by atomic mass is 16.5. The number of hydrogen-bond acceptors (Lipinski definition) is 5. The number of esters is 1. The molecule has 3 N–H and O–H groups in total. The lowest BCUT2D eigenvalue weighted by Gasteiger charge is -2.24. The van der Waals surface area contributed by atoms with Crippen LogP contribution in [-0.2, 0) is 14.3 Å². The minimum absolute atomic E-state index is 0.0544. The first-order valence-electron chi connectivity index (χ1n) is 25.9. The van der Waals surface area contributed by atoms with Crippen LogP contribution in [0.15, 0.2) is 48.6 Å². The summed E-state index contributed by atoms with van der Waals surface area (Å²) in [5.74, 6) is -0.507. The highest BCUT2D eigenvalue weighted by molar-refractivity contribution is 5.77. The van der Waals surface area contributed by atoms with Gasteiger partial charge in [-0.15, -0.1) is 0 Å². The lowest BCUT2D eigenvalue weighted by atomic mass is 10.0. The van der Waals surface area contributed by atoms with E-state index in [0.717, 1.165) is 70.6 Å². The fourth-order valence-corrected chi connectivity index (χ4v) is 7.78. The third kappa shape index (κ3) is 42.5. The van der Waals surface area contributed by atoms with Crippen LogP contribution in [0.2, 0.25) is 0 Å². The van der Waals surface area contributed by atoms with Crippen LogP contribution in [-0.4, -0.2) is 46.9 Å². The first kappa shape index (κ1) is 57.8. The summed E-state index contributed by atoms with van der Waals surface area (Å²) in [6.07, 6.45) is 57.5. The molecule has 0 saturated carbocycles. The molecular formula is C54H99NO5. The molecule has 0 rings (SSSR count). The average Bonchev–Trinajstić information content (AvgIpc) is 3.24. The van der Waals surface area contributed by atoms with Gasteiger partial charge in [-0.3, -0.25) is 9.59 Å². The van der Waals surface area contributed by atoms with Gasteiger partial charge in [0.1, 0.15) is 6.10 Å². The van der Waals surface area contributed by atoms with Crippen molar-refractivity contribution in [2.45, 2.75) is 277 Å². The van der Waals surface area contributed by atoms with E-state index in [9.17, 15) is 19.8 Å². The molecule has 0 bridgehead atoms. The summed E-state index contributed by atoms with van der Waals surface area (Å²) in [5.41, 5.74) is 0. The number of nitrogens with one attached hydrogen (secondary N) is 1. The van der Waals surface area contributed by atoms with E-state index in [1.54, 1.807) is 0 Å². The Morgan fingerprint density at radius 1 is 0.500 bits per heavy atom. The molecule has 60 heavy (non-hydrogen) atoms. The topological polar surface area (TPSA) is 95.9 Å². The zero-order chi connectivity index (χ0) is 43.8. The Bertz CT molecular complexity index is 1040. The Morgan fingerprint density at radius 2 is 0.917 bits per heavy atom. The van der Waals surface area contributed by atoms with Crippen LogP contribution in [0.25, 0.3) is 0 Å². The molecule has 0 aliphatic carbocycles. The molecule has 0 aliphatic rings. The standard InChI is InChI=1S/C54H99NO5/c1-4-7-10-13-16-19-22-23-24-25-26-27-28-29-32-35-38-41-44-47-54(59)60-50(45-42-39-36-33-30-20-17-14-11-8-5-2)48-53(58)55-51(49-56)52(57)46-43-40-37-34-31-21-18-15-12-9-6-3/h8,11,14,17,20,23-24,30,50-52,56-57H,4-7,9-10,12-13,15-16,18-19,21-22,25-29,31-49H2,1-3H3,(H,55,58)/b11-8+,17-14+,24-23+,30-20-. The molecule has 350 valence electrons. The van der Waals surface area contributed by atoms with Crippen molar-refractivity contribution in [3.63, 3.8) is 0 Å². The third-order valence-electron chi connectivity index (χ3n) is 11.7. The average molecular weight is 842 g/mol. The number of aliphatic hydroxyl groups excluding tert-OH is 2. The molecule has 1 amide bonds. The van der Waals surface area contributed by atoms with Crippen molar-refractivity contribution in [3.05, 3.63) is 48.6 Å². The summed E-state index contributed by atoms with van der Waals surface area (Å²) in [6, 6.07) is -0.711. The molecular weight excluding hydrogens is 743 g/mol. The molecule has 6 nitrogen and oxygen atoms in total. The van der Waals surface area contributed by atoms with Gasteiger partial charge in [-0.2, -0.15) is 0 Å². The number of allylic oxidation sites excluding steroid dienone is 8. The molecule has 0 aromatic rings. The predicted molar refractivity (Wildman–Crippen MR) is 259 cm³/mol. The van der Waals surface area contributed by atoms with Crippen LogP contribution in [0.4, 0.5) is 0 Å². The second-order valence-corrected chi connectivity index (χ2v) is 17.6. The number of carbonyl (C=O) groups excluding carboxylic acids is 2. The van der Waals surface area contributed by atoms with Crippen LogP contribution in [0, 0.1) is 0 Å². The number of unbranched alkanes of at least 4 members (excludes halogenated alkanes) is 28.